The summed E-state index contributed by atoms with van der Waals surface area (Å²) in [4.78, 5) is 14.0. The summed E-state index contributed by atoms with van der Waals surface area (Å²) >= 11 is 3.57. The number of nitrogens with zero attached hydrogens (tertiary/aromatic N) is 1. The molecule has 0 bridgehead atoms. The van der Waals surface area contributed by atoms with Gasteiger partial charge in [-0.3, -0.25) is 0 Å². The number of amides is 1. The average Bonchev–Trinajstić information content (AvgIpc) is 1.98. The van der Waals surface area contributed by atoms with Gasteiger partial charge in [0, 0.05) is 17.9 Å². The molecule has 2 unspecified atom stereocenters. The van der Waals surface area contributed by atoms with E-state index >= 15 is 0 Å². The fourth-order valence-corrected chi connectivity index (χ4v) is 2.74. The molecule has 1 aliphatic heterocycles. The summed E-state index contributed by atoms with van der Waals surface area (Å²) in [5, 5.41) is 0. The predicted molar refractivity (Wildman–Crippen MR) is 64.3 cm³/mol. The van der Waals surface area contributed by atoms with Crippen molar-refractivity contribution in [1.82, 2.24) is 4.90 Å². The van der Waals surface area contributed by atoms with Crippen LogP contribution in [0.25, 0.3) is 0 Å². The topological polar surface area (TPSA) is 29.5 Å². The van der Waals surface area contributed by atoms with Gasteiger partial charge in [-0.2, -0.15) is 0 Å². The Bertz CT molecular complexity index is 227. The summed E-state index contributed by atoms with van der Waals surface area (Å²) in [5.41, 5.74) is -0.403. The second-order valence-electron chi connectivity index (χ2n) is 5.32. The molecule has 88 valence electrons. The second kappa shape index (κ2) is 4.73. The van der Waals surface area contributed by atoms with Crippen molar-refractivity contribution in [3.05, 3.63) is 0 Å². The number of carbonyl (C=O) groups is 1. The van der Waals surface area contributed by atoms with Gasteiger partial charge in [0.1, 0.15) is 5.60 Å². The third kappa shape index (κ3) is 4.41. The summed E-state index contributed by atoms with van der Waals surface area (Å²) in [5.74, 6) is 0.538. The first-order valence-electron chi connectivity index (χ1n) is 5.40. The maximum atomic E-state index is 11.8. The van der Waals surface area contributed by atoms with Crippen LogP contribution in [0.15, 0.2) is 0 Å². The van der Waals surface area contributed by atoms with Gasteiger partial charge < -0.3 is 9.64 Å². The van der Waals surface area contributed by atoms with Gasteiger partial charge in [-0.25, -0.2) is 4.79 Å². The number of piperidine rings is 1. The summed E-state index contributed by atoms with van der Waals surface area (Å²) in [6.45, 7) is 9.39. The molecule has 0 radical (unpaired) electrons. The Balaban J connectivity index is 2.52. The molecule has 1 amide bonds. The number of carbonyl (C=O) groups excluding carboxylic acids is 1. The Morgan fingerprint density at radius 1 is 1.40 bits per heavy atom. The molecule has 1 aliphatic rings. The van der Waals surface area contributed by atoms with Crippen LogP contribution in [-0.4, -0.2) is 34.5 Å². The predicted octanol–water partition coefficient (Wildman–Crippen LogP) is 3.03. The SMILES string of the molecule is CC1CC(Br)CN(C(=O)OC(C)(C)C)C1. The van der Waals surface area contributed by atoms with Crippen LogP contribution in [0.2, 0.25) is 0 Å². The van der Waals surface area contributed by atoms with Gasteiger partial charge in [0.25, 0.3) is 0 Å². The zero-order valence-electron chi connectivity index (χ0n) is 9.92. The molecule has 1 saturated heterocycles. The molecule has 0 spiro atoms. The Morgan fingerprint density at radius 2 is 2.00 bits per heavy atom. The van der Waals surface area contributed by atoms with Crippen molar-refractivity contribution in [3.63, 3.8) is 0 Å². The molecule has 3 nitrogen and oxygen atoms in total. The lowest BCUT2D eigenvalue weighted by atomic mass is 10.0. The van der Waals surface area contributed by atoms with E-state index in [0.29, 0.717) is 10.7 Å². The molecule has 1 heterocycles. The molecule has 0 aliphatic carbocycles. The van der Waals surface area contributed by atoms with Crippen LogP contribution in [0.5, 0.6) is 0 Å². The number of rotatable bonds is 0. The van der Waals surface area contributed by atoms with Crippen molar-refractivity contribution in [1.29, 1.82) is 0 Å². The van der Waals surface area contributed by atoms with E-state index < -0.39 is 5.60 Å². The molecule has 1 rings (SSSR count). The molecule has 2 atom stereocenters. The monoisotopic (exact) mass is 277 g/mol. The third-order valence-corrected chi connectivity index (χ3v) is 2.92. The van der Waals surface area contributed by atoms with Crippen LogP contribution >= 0.6 is 15.9 Å². The number of likely N-dealkylation sites (tertiary alicyclic amines) is 1. The summed E-state index contributed by atoms with van der Waals surface area (Å²) in [7, 11) is 0. The van der Waals surface area contributed by atoms with Gasteiger partial charge in [-0.1, -0.05) is 22.9 Å². The number of hydrogen-bond donors (Lipinski definition) is 0. The molecule has 15 heavy (non-hydrogen) atoms. The normalized spacial score (nSPS) is 27.7. The Labute approximate surface area is 100 Å². The van der Waals surface area contributed by atoms with E-state index in [1.165, 1.54) is 0 Å². The molecular weight excluding hydrogens is 258 g/mol. The van der Waals surface area contributed by atoms with Crippen molar-refractivity contribution in [2.24, 2.45) is 5.92 Å². The molecule has 1 fully saturated rings. The molecular formula is C11H20BrNO2. The van der Waals surface area contributed by atoms with Gasteiger partial charge in [-0.05, 0) is 33.1 Å². The maximum Gasteiger partial charge on any atom is 0.410 e. The van der Waals surface area contributed by atoms with Crippen LogP contribution in [0.4, 0.5) is 4.79 Å². The Morgan fingerprint density at radius 3 is 2.47 bits per heavy atom. The smallest absolute Gasteiger partial charge is 0.410 e. The molecule has 0 saturated carbocycles. The number of halogens is 1. The highest BCUT2D eigenvalue weighted by atomic mass is 79.9. The molecule has 0 aromatic rings. The van der Waals surface area contributed by atoms with Crippen molar-refractivity contribution >= 4 is 22.0 Å². The Kier molecular flexibility index (Phi) is 4.04. The average molecular weight is 278 g/mol. The van der Waals surface area contributed by atoms with Crippen molar-refractivity contribution < 1.29 is 9.53 Å². The fourth-order valence-electron chi connectivity index (χ4n) is 1.75. The number of alkyl halides is 1. The summed E-state index contributed by atoms with van der Waals surface area (Å²) < 4.78 is 5.34. The number of hydrogen-bond acceptors (Lipinski definition) is 2. The van der Waals surface area contributed by atoms with Gasteiger partial charge in [0.05, 0.1) is 0 Å². The number of ether oxygens (including phenoxy) is 1. The zero-order valence-corrected chi connectivity index (χ0v) is 11.5. The molecule has 0 N–H and O–H groups in total. The first-order valence-corrected chi connectivity index (χ1v) is 6.31. The van der Waals surface area contributed by atoms with Crippen LogP contribution < -0.4 is 0 Å². The molecule has 0 aromatic carbocycles. The maximum absolute atomic E-state index is 11.8. The standard InChI is InChI=1S/C11H20BrNO2/c1-8-5-9(12)7-13(6-8)10(14)15-11(2,3)4/h8-9H,5-7H2,1-4H3. The van der Waals surface area contributed by atoms with E-state index in [1.807, 2.05) is 20.8 Å². The highest BCUT2D eigenvalue weighted by Crippen LogP contribution is 2.23. The highest BCUT2D eigenvalue weighted by Gasteiger charge is 2.29. The quantitative estimate of drug-likeness (QED) is 0.637. The lowest BCUT2D eigenvalue weighted by molar-refractivity contribution is 0.0182. The minimum Gasteiger partial charge on any atom is -0.444 e. The highest BCUT2D eigenvalue weighted by molar-refractivity contribution is 9.09. The van der Waals surface area contributed by atoms with Gasteiger partial charge in [-0.15, -0.1) is 0 Å². The summed E-state index contributed by atoms with van der Waals surface area (Å²) in [6.07, 6.45) is 0.928. The fraction of sp³-hybridized carbons (Fsp3) is 0.909. The van der Waals surface area contributed by atoms with E-state index in [0.717, 1.165) is 19.5 Å². The van der Waals surface area contributed by atoms with Gasteiger partial charge >= 0.3 is 6.09 Å². The third-order valence-electron chi connectivity index (χ3n) is 2.26. The minimum atomic E-state index is -0.403. The minimum absolute atomic E-state index is 0.196. The van der Waals surface area contributed by atoms with E-state index in [-0.39, 0.29) is 6.09 Å². The van der Waals surface area contributed by atoms with E-state index in [4.69, 9.17) is 4.74 Å². The first-order chi connectivity index (χ1) is 6.78. The molecule has 0 aromatic heterocycles. The Hall–Kier alpha value is -0.250. The van der Waals surface area contributed by atoms with Crippen LogP contribution in [0.1, 0.15) is 34.1 Å². The van der Waals surface area contributed by atoms with Crippen molar-refractivity contribution in [3.8, 4) is 0 Å². The molecule has 4 heteroatoms. The van der Waals surface area contributed by atoms with E-state index in [2.05, 4.69) is 22.9 Å². The van der Waals surface area contributed by atoms with E-state index in [9.17, 15) is 4.79 Å². The van der Waals surface area contributed by atoms with Crippen molar-refractivity contribution in [2.75, 3.05) is 13.1 Å². The first kappa shape index (κ1) is 12.8. The summed E-state index contributed by atoms with van der Waals surface area (Å²) in [6, 6.07) is 0. The second-order valence-corrected chi connectivity index (χ2v) is 6.62. The van der Waals surface area contributed by atoms with Crippen molar-refractivity contribution in [2.45, 2.75) is 44.5 Å². The lowest BCUT2D eigenvalue weighted by Crippen LogP contribution is -2.45. The van der Waals surface area contributed by atoms with Crippen LogP contribution in [0.3, 0.4) is 0 Å². The zero-order chi connectivity index (χ0) is 11.6. The lowest BCUT2D eigenvalue weighted by Gasteiger charge is -2.35. The van der Waals surface area contributed by atoms with Crippen LogP contribution in [0, 0.1) is 5.92 Å². The van der Waals surface area contributed by atoms with Gasteiger partial charge in [0.15, 0.2) is 0 Å². The van der Waals surface area contributed by atoms with Crippen LogP contribution in [-0.2, 0) is 4.74 Å². The van der Waals surface area contributed by atoms with E-state index in [1.54, 1.807) is 4.90 Å². The van der Waals surface area contributed by atoms with Gasteiger partial charge in [0.2, 0.25) is 0 Å². The largest absolute Gasteiger partial charge is 0.444 e.